The summed E-state index contributed by atoms with van der Waals surface area (Å²) in [5.74, 6) is 3.73. The first-order valence-electron chi connectivity index (χ1n) is 10.7. The van der Waals surface area contributed by atoms with E-state index in [0.29, 0.717) is 17.8 Å². The van der Waals surface area contributed by atoms with Crippen molar-refractivity contribution in [1.29, 1.82) is 0 Å². The molecule has 3 atom stereocenters. The van der Waals surface area contributed by atoms with Crippen LogP contribution < -0.4 is 0 Å². The molecule has 0 heterocycles. The minimum atomic E-state index is -0.494. The van der Waals surface area contributed by atoms with E-state index in [0.717, 1.165) is 24.7 Å². The molecule has 0 aliphatic heterocycles. The van der Waals surface area contributed by atoms with Crippen molar-refractivity contribution in [3.8, 4) is 0 Å². The van der Waals surface area contributed by atoms with Crippen LogP contribution >= 0.6 is 0 Å². The molecule has 0 aromatic rings. The standard InChI is InChI=1S/C15H27F.C7H14/c1-3-12-5-7-13(8-6-12)14-9-4-11(2)10-15(14)16;1-7-5-3-2-4-6-7/h11-15H,3-10H2,1-2H3;7H,2-6H2,1H3. The number of hydrogen-bond acceptors (Lipinski definition) is 0. The number of rotatable bonds is 2. The molecule has 0 radical (unpaired) electrons. The molecule has 3 aliphatic rings. The van der Waals surface area contributed by atoms with Crippen LogP contribution in [0.15, 0.2) is 0 Å². The Kier molecular flexibility index (Phi) is 8.41. The zero-order valence-corrected chi connectivity index (χ0v) is 16.0. The Bertz CT molecular complexity index is 299. The van der Waals surface area contributed by atoms with Gasteiger partial charge >= 0.3 is 0 Å². The molecule has 0 aromatic heterocycles. The zero-order chi connectivity index (χ0) is 16.7. The van der Waals surface area contributed by atoms with Gasteiger partial charge in [0.25, 0.3) is 0 Å². The van der Waals surface area contributed by atoms with Crippen LogP contribution in [-0.4, -0.2) is 6.17 Å². The topological polar surface area (TPSA) is 0 Å². The van der Waals surface area contributed by atoms with Gasteiger partial charge in [-0.15, -0.1) is 0 Å². The lowest BCUT2D eigenvalue weighted by atomic mass is 9.68. The minimum absolute atomic E-state index is 0.411. The Morgan fingerprint density at radius 1 is 0.739 bits per heavy atom. The van der Waals surface area contributed by atoms with Gasteiger partial charge in [0, 0.05) is 0 Å². The summed E-state index contributed by atoms with van der Waals surface area (Å²) in [6.45, 7) is 6.86. The molecule has 1 heteroatoms. The fourth-order valence-corrected chi connectivity index (χ4v) is 5.20. The molecule has 3 saturated carbocycles. The van der Waals surface area contributed by atoms with Gasteiger partial charge in [-0.25, -0.2) is 4.39 Å². The molecule has 0 aromatic carbocycles. The Balaban J connectivity index is 0.000000229. The van der Waals surface area contributed by atoms with Gasteiger partial charge in [-0.2, -0.15) is 0 Å². The van der Waals surface area contributed by atoms with Crippen LogP contribution in [-0.2, 0) is 0 Å². The molecule has 0 saturated heterocycles. The van der Waals surface area contributed by atoms with Crippen molar-refractivity contribution in [2.45, 2.75) is 110 Å². The Hall–Kier alpha value is -0.0700. The second-order valence-electron chi connectivity index (χ2n) is 9.03. The number of halogens is 1. The summed E-state index contributed by atoms with van der Waals surface area (Å²) in [5, 5.41) is 0. The van der Waals surface area contributed by atoms with Crippen molar-refractivity contribution in [3.05, 3.63) is 0 Å². The van der Waals surface area contributed by atoms with E-state index in [2.05, 4.69) is 20.8 Å². The largest absolute Gasteiger partial charge is 0.247 e. The third-order valence-corrected chi connectivity index (χ3v) is 7.05. The maximum Gasteiger partial charge on any atom is 0.103 e. The lowest BCUT2D eigenvalue weighted by molar-refractivity contribution is 0.0625. The summed E-state index contributed by atoms with van der Waals surface area (Å²) in [6, 6.07) is 0. The highest BCUT2D eigenvalue weighted by Gasteiger charge is 2.35. The summed E-state index contributed by atoms with van der Waals surface area (Å²) >= 11 is 0. The van der Waals surface area contributed by atoms with Gasteiger partial charge in [-0.05, 0) is 55.3 Å². The van der Waals surface area contributed by atoms with Gasteiger partial charge in [0.1, 0.15) is 6.17 Å². The molecule has 0 amide bonds. The summed E-state index contributed by atoms with van der Waals surface area (Å²) in [7, 11) is 0. The van der Waals surface area contributed by atoms with Gasteiger partial charge in [0.2, 0.25) is 0 Å². The third-order valence-electron chi connectivity index (χ3n) is 7.05. The fraction of sp³-hybridized carbons (Fsp3) is 1.00. The zero-order valence-electron chi connectivity index (χ0n) is 16.0. The summed E-state index contributed by atoms with van der Waals surface area (Å²) < 4.78 is 14.1. The molecule has 0 nitrogen and oxygen atoms in total. The van der Waals surface area contributed by atoms with Gasteiger partial charge in [-0.1, -0.05) is 78.6 Å². The van der Waals surface area contributed by atoms with Crippen molar-refractivity contribution in [1.82, 2.24) is 0 Å². The second-order valence-corrected chi connectivity index (χ2v) is 9.03. The van der Waals surface area contributed by atoms with E-state index < -0.39 is 6.17 Å². The summed E-state index contributed by atoms with van der Waals surface area (Å²) in [4.78, 5) is 0. The van der Waals surface area contributed by atoms with Crippen molar-refractivity contribution in [3.63, 3.8) is 0 Å². The van der Waals surface area contributed by atoms with E-state index in [1.54, 1.807) is 0 Å². The maximum atomic E-state index is 14.1. The maximum absolute atomic E-state index is 14.1. The second kappa shape index (κ2) is 10.0. The molecule has 3 unspecified atom stereocenters. The van der Waals surface area contributed by atoms with Crippen molar-refractivity contribution < 1.29 is 4.39 Å². The van der Waals surface area contributed by atoms with Crippen LogP contribution in [0.2, 0.25) is 0 Å². The molecule has 136 valence electrons. The first-order valence-corrected chi connectivity index (χ1v) is 10.7. The molecular weight excluding hydrogens is 283 g/mol. The third kappa shape index (κ3) is 6.39. The van der Waals surface area contributed by atoms with Crippen LogP contribution in [0.5, 0.6) is 0 Å². The van der Waals surface area contributed by atoms with E-state index in [9.17, 15) is 4.39 Å². The van der Waals surface area contributed by atoms with E-state index in [4.69, 9.17) is 0 Å². The predicted octanol–water partition coefficient (Wildman–Crippen LogP) is 7.56. The van der Waals surface area contributed by atoms with Gasteiger partial charge in [0.05, 0.1) is 0 Å². The van der Waals surface area contributed by atoms with Crippen molar-refractivity contribution >= 4 is 0 Å². The van der Waals surface area contributed by atoms with Gasteiger partial charge in [-0.3, -0.25) is 0 Å². The summed E-state index contributed by atoms with van der Waals surface area (Å²) in [5.41, 5.74) is 0. The molecule has 0 N–H and O–H groups in total. The minimum Gasteiger partial charge on any atom is -0.247 e. The molecule has 3 aliphatic carbocycles. The lowest BCUT2D eigenvalue weighted by Crippen LogP contribution is -2.33. The number of alkyl halides is 1. The van der Waals surface area contributed by atoms with Crippen molar-refractivity contribution in [2.75, 3.05) is 0 Å². The lowest BCUT2D eigenvalue weighted by Gasteiger charge is -2.39. The number of hydrogen-bond donors (Lipinski definition) is 0. The molecule has 3 fully saturated rings. The SMILES string of the molecule is CC1CCCCC1.CCC1CCC(C2CCC(C)CC2F)CC1. The normalized spacial score (nSPS) is 39.4. The van der Waals surface area contributed by atoms with Crippen LogP contribution in [0.4, 0.5) is 4.39 Å². The Morgan fingerprint density at radius 3 is 1.87 bits per heavy atom. The first-order chi connectivity index (χ1) is 11.1. The average Bonchev–Trinajstić information content (AvgIpc) is 2.56. The highest BCUT2D eigenvalue weighted by atomic mass is 19.1. The van der Waals surface area contributed by atoms with E-state index in [1.165, 1.54) is 70.6 Å². The van der Waals surface area contributed by atoms with Crippen molar-refractivity contribution in [2.24, 2.45) is 29.6 Å². The van der Waals surface area contributed by atoms with E-state index in [-0.39, 0.29) is 0 Å². The quantitative estimate of drug-likeness (QED) is 0.491. The van der Waals surface area contributed by atoms with Crippen LogP contribution in [0.3, 0.4) is 0 Å². The van der Waals surface area contributed by atoms with Gasteiger partial charge in [0.15, 0.2) is 0 Å². The summed E-state index contributed by atoms with van der Waals surface area (Å²) in [6.07, 6.45) is 16.9. The highest BCUT2D eigenvalue weighted by Crippen LogP contribution is 2.43. The highest BCUT2D eigenvalue weighted by molar-refractivity contribution is 4.86. The smallest absolute Gasteiger partial charge is 0.103 e. The van der Waals surface area contributed by atoms with E-state index >= 15 is 0 Å². The average molecular weight is 325 g/mol. The van der Waals surface area contributed by atoms with Crippen LogP contribution in [0, 0.1) is 29.6 Å². The molecular formula is C22H41F. The predicted molar refractivity (Wildman–Crippen MR) is 99.4 cm³/mol. The molecule has 0 spiro atoms. The Labute approximate surface area is 145 Å². The van der Waals surface area contributed by atoms with Crippen LogP contribution in [0.1, 0.15) is 104 Å². The molecule has 23 heavy (non-hydrogen) atoms. The molecule has 3 rings (SSSR count). The monoisotopic (exact) mass is 324 g/mol. The van der Waals surface area contributed by atoms with Crippen LogP contribution in [0.25, 0.3) is 0 Å². The Morgan fingerprint density at radius 2 is 1.39 bits per heavy atom. The van der Waals surface area contributed by atoms with E-state index in [1.807, 2.05) is 0 Å². The van der Waals surface area contributed by atoms with Gasteiger partial charge < -0.3 is 0 Å². The fourth-order valence-electron chi connectivity index (χ4n) is 5.20. The first kappa shape index (κ1) is 19.3. The molecule has 0 bridgehead atoms.